The number of rotatable bonds is 47. The maximum atomic E-state index is 15.1. The molecule has 1 saturated heterocycles. The van der Waals surface area contributed by atoms with Crippen LogP contribution in [0.25, 0.3) is 0 Å². The van der Waals surface area contributed by atoms with Gasteiger partial charge in [-0.05, 0) is 115 Å². The minimum atomic E-state index is -2.21. The van der Waals surface area contributed by atoms with Crippen molar-refractivity contribution >= 4 is 100 Å². The molecule has 3 aliphatic rings. The summed E-state index contributed by atoms with van der Waals surface area (Å²) in [6.07, 6.45) is -5.67. The van der Waals surface area contributed by atoms with Crippen molar-refractivity contribution in [3.63, 3.8) is 0 Å². The topological polar surface area (TPSA) is 746 Å². The number of carbonyl (C=O) groups excluding carboxylic acids is 14. The molecule has 4 aromatic rings. The minimum Gasteiger partial charge on any atom is -0.508 e. The number of H-pyrrole nitrogens is 1. The number of benzene rings is 3. The lowest BCUT2D eigenvalue weighted by atomic mass is 9.72. The predicted molar refractivity (Wildman–Crippen MR) is 469 cm³/mol. The van der Waals surface area contributed by atoms with Crippen LogP contribution in [0.15, 0.2) is 60.1 Å². The largest absolute Gasteiger partial charge is 0.508 e. The van der Waals surface area contributed by atoms with Gasteiger partial charge in [-0.2, -0.15) is 0 Å². The summed E-state index contributed by atoms with van der Waals surface area (Å²) < 4.78 is 17.8. The summed E-state index contributed by atoms with van der Waals surface area (Å²) in [6, 6.07) is -5.72. The van der Waals surface area contributed by atoms with E-state index in [4.69, 9.17) is 52.8 Å². The number of guanidine groups is 2. The van der Waals surface area contributed by atoms with Crippen LogP contribution in [0.3, 0.4) is 0 Å². The van der Waals surface area contributed by atoms with Crippen molar-refractivity contribution in [2.24, 2.45) is 45.8 Å². The van der Waals surface area contributed by atoms with E-state index < -0.39 is 252 Å². The number of aliphatic hydroxyl groups excluding tert-OH is 2. The molecule has 12 amide bonds. The number of amides is 12. The third-order valence-corrected chi connectivity index (χ3v) is 22.0. The standard InChI is InChI=1S/C85H124N22O24/c1-37(2)26-53(76(120)95-34-59(110)97-40(7)74(118)98-41(8)75(119)106-67(42(9)108)73(87)117)102-80(124)56(29-46-33-92-36-96-46)104-82(126)66(39(5)6)105-81(125)55(28-45-20-22-47(109)23-21-45)103-78(122)52(18-15-25-94-84(90)91)100-77(121)51(17-14-24-93-83(88)89)101-79(123)54(27-38(3)4)99-60(111)35-129-107-44(11)85(127)31-49-63(58(32-85)131-61-30-50(86)68(112)43(10)130-61)72(116)65-64(70(49)114)69(113)48-16-13-19-57(128-12)62(48)71(65)115/h13,16,19-23,33,36-43,50-56,58,61,66-68,108-109,112,114,116,127H,14-15,17-18,24-32,34-35,86H2,1-12H3,(H2,87,117)(H,92,96)(H,95,120)(H,97,110)(H,98,118)(H,99,111)(H,100,121)(H,101,123)(H,102,124)(H,103,122)(H,104,126)(H,105,125)(H,106,119)(H4,88,89,93)(H4,90,91,94)/b107-44+/t40-,41-,42+,43-,50-,51-,52-,53-,54-,55-,56-,58-,61-,66-,67-,68+,85-/m0/s1. The second kappa shape index (κ2) is 47.9. The van der Waals surface area contributed by atoms with Gasteiger partial charge in [0.1, 0.15) is 89.0 Å². The van der Waals surface area contributed by atoms with Crippen LogP contribution in [-0.2, 0) is 91.1 Å². The third kappa shape index (κ3) is 29.4. The Balaban J connectivity index is 1.08. The quantitative estimate of drug-likeness (QED) is 0.00579. The number of primary amides is 1. The number of aromatic amines is 1. The van der Waals surface area contributed by atoms with E-state index in [1.54, 1.807) is 41.5 Å². The number of ketones is 2. The summed E-state index contributed by atoms with van der Waals surface area (Å²) in [7, 11) is 1.28. The van der Waals surface area contributed by atoms with Crippen molar-refractivity contribution in [2.45, 2.75) is 250 Å². The molecule has 1 fully saturated rings. The molecule has 1 aliphatic heterocycles. The molecule has 718 valence electrons. The molecule has 46 nitrogen and oxygen atoms in total. The van der Waals surface area contributed by atoms with Gasteiger partial charge in [0.25, 0.3) is 5.91 Å². The molecule has 0 saturated carbocycles. The molecule has 0 spiro atoms. The maximum absolute atomic E-state index is 15.1. The molecule has 0 bridgehead atoms. The number of aromatic nitrogens is 2. The highest BCUT2D eigenvalue weighted by molar-refractivity contribution is 6.31. The van der Waals surface area contributed by atoms with E-state index in [1.165, 1.54) is 96.7 Å². The maximum Gasteiger partial charge on any atom is 0.261 e. The Labute approximate surface area is 755 Å². The molecule has 0 unspecified atom stereocenters. The number of ether oxygens (including phenoxy) is 3. The summed E-state index contributed by atoms with van der Waals surface area (Å²) in [5.41, 5.74) is 19.1. The van der Waals surface area contributed by atoms with E-state index in [0.717, 1.165) is 0 Å². The van der Waals surface area contributed by atoms with Crippen LogP contribution >= 0.6 is 0 Å². The van der Waals surface area contributed by atoms with Gasteiger partial charge in [0.2, 0.25) is 70.8 Å². The fraction of sp³-hybridized carbons (Fsp3) is 0.553. The molecule has 0 radical (unpaired) electrons. The van der Waals surface area contributed by atoms with Gasteiger partial charge in [0.15, 0.2) is 30.6 Å². The highest BCUT2D eigenvalue weighted by Gasteiger charge is 2.50. The molecule has 17 atom stereocenters. The number of fused-ring (bicyclic) bond motifs is 3. The molecular formula is C85H124N22O24. The molecule has 2 aliphatic carbocycles. The smallest absolute Gasteiger partial charge is 0.261 e. The number of phenols is 3. The number of aliphatic hydroxyl groups is 3. The van der Waals surface area contributed by atoms with Gasteiger partial charge in [0, 0.05) is 79.8 Å². The zero-order valence-electron chi connectivity index (χ0n) is 75.0. The van der Waals surface area contributed by atoms with Crippen LogP contribution in [0, 0.1) is 28.6 Å². The van der Waals surface area contributed by atoms with Gasteiger partial charge >= 0.3 is 0 Å². The highest BCUT2D eigenvalue weighted by Crippen LogP contribution is 2.53. The van der Waals surface area contributed by atoms with Crippen LogP contribution in [0.4, 0.5) is 0 Å². The Morgan fingerprint density at radius 3 is 1.70 bits per heavy atom. The molecule has 1 aromatic heterocycles. The zero-order chi connectivity index (χ0) is 97.3. The van der Waals surface area contributed by atoms with E-state index in [1.807, 2.05) is 0 Å². The summed E-state index contributed by atoms with van der Waals surface area (Å²) in [4.78, 5) is 209. The number of methoxy groups -OCH3 is 1. The number of oxime groups is 1. The predicted octanol–water partition coefficient (Wildman–Crippen LogP) is -4.11. The average molecular weight is 1840 g/mol. The lowest BCUT2D eigenvalue weighted by Gasteiger charge is -2.42. The Morgan fingerprint density at radius 2 is 1.15 bits per heavy atom. The Kier molecular flexibility index (Phi) is 38.4. The summed E-state index contributed by atoms with van der Waals surface area (Å²) in [5.74, 6) is -16.8. The van der Waals surface area contributed by atoms with Gasteiger partial charge in [0.05, 0.1) is 66.8 Å². The lowest BCUT2D eigenvalue weighted by Crippen LogP contribution is -2.61. The van der Waals surface area contributed by atoms with Crippen LogP contribution in [-0.4, -0.2) is 271 Å². The molecule has 46 heteroatoms. The molecule has 30 N–H and O–H groups in total. The molecule has 3 aromatic carbocycles. The first-order chi connectivity index (χ1) is 61.6. The van der Waals surface area contributed by atoms with Crippen molar-refractivity contribution in [3.8, 4) is 23.0 Å². The third-order valence-electron chi connectivity index (χ3n) is 22.0. The van der Waals surface area contributed by atoms with Crippen LogP contribution < -0.4 is 96.8 Å². The van der Waals surface area contributed by atoms with Gasteiger partial charge in [-0.25, -0.2) is 4.98 Å². The SMILES string of the molecule is COc1cccc2c1C(=O)c1c(O)c3c(c(O)c1C2=O)C[C@@](O)(/C(C)=N/OCC(=O)N[C@@H](CC(C)C)C(=O)N[C@@H](CCCNC(=N)N)C(=O)N[C@@H](CCCNC(=N)N)C(=O)N[C@@H](Cc1ccc(O)cc1)C(=O)N[C@H](C(=O)N[C@@H](Cc1cnc[nH]1)C(=O)N[C@@H](CC(C)C)C(=O)NCC(=O)N[C@@H](C)C(=O)N[C@@H](C)C(=O)N[C@H](C(N)=O)[C@@H](C)O)C(C)C)C[C@@H]3O[C@H]1C[C@H](N)[C@H](O)[C@H](C)O1. The van der Waals surface area contributed by atoms with Crippen LogP contribution in [0.1, 0.15) is 188 Å². The molecule has 7 rings (SSSR count). The van der Waals surface area contributed by atoms with E-state index in [9.17, 15) is 88.2 Å². The van der Waals surface area contributed by atoms with Crippen molar-refractivity contribution < 1.29 is 117 Å². The van der Waals surface area contributed by atoms with Crippen molar-refractivity contribution in [1.29, 1.82) is 10.8 Å². The summed E-state index contributed by atoms with van der Waals surface area (Å²) >= 11 is 0. The lowest BCUT2D eigenvalue weighted by molar-refractivity contribution is -0.245. The number of aromatic hydroxyl groups is 3. The zero-order valence-corrected chi connectivity index (χ0v) is 75.0. The van der Waals surface area contributed by atoms with E-state index in [2.05, 4.69) is 84.2 Å². The second-order valence-corrected chi connectivity index (χ2v) is 33.9. The van der Waals surface area contributed by atoms with Crippen molar-refractivity contribution in [3.05, 3.63) is 99.6 Å². The monoisotopic (exact) mass is 1840 g/mol. The number of nitrogens with zero attached hydrogens (tertiary/aromatic N) is 2. The Hall–Kier alpha value is -13.2. The average Bonchev–Trinajstić information content (AvgIpc) is 0.728. The first-order valence-corrected chi connectivity index (χ1v) is 42.8. The van der Waals surface area contributed by atoms with Gasteiger partial charge in [-0.15, -0.1) is 0 Å². The number of nitrogens with two attached hydrogens (primary N) is 4. The second-order valence-electron chi connectivity index (χ2n) is 33.9. The number of carbonyl (C=O) groups is 14. The van der Waals surface area contributed by atoms with Gasteiger partial charge in [-0.3, -0.25) is 77.9 Å². The fourth-order valence-electron chi connectivity index (χ4n) is 15.0. The molecular weight excluding hydrogens is 1710 g/mol. The summed E-state index contributed by atoms with van der Waals surface area (Å²) in [6.45, 7) is 15.0. The van der Waals surface area contributed by atoms with Crippen LogP contribution in [0.5, 0.6) is 23.0 Å². The number of hydrogen-bond donors (Lipinski definition) is 26. The number of imidazole rings is 1. The number of nitrogens with one attached hydrogen (secondary N) is 16. The molecule has 131 heavy (non-hydrogen) atoms. The Morgan fingerprint density at radius 1 is 0.626 bits per heavy atom. The first kappa shape index (κ1) is 105. The number of hydrogen-bond acceptors (Lipinski definition) is 29. The van der Waals surface area contributed by atoms with Crippen molar-refractivity contribution in [2.75, 3.05) is 33.4 Å². The highest BCUT2D eigenvalue weighted by atomic mass is 16.7. The van der Waals surface area contributed by atoms with Gasteiger partial charge < -0.3 is 147 Å². The van der Waals surface area contributed by atoms with Gasteiger partial charge in [-0.1, -0.05) is 71.0 Å². The number of phenolic OH excluding ortho intramolecular Hbond substituents is 3. The van der Waals surface area contributed by atoms with Crippen molar-refractivity contribution in [1.82, 2.24) is 79.1 Å². The Bertz CT molecular complexity index is 4830. The minimum absolute atomic E-state index is 0.0117. The van der Waals surface area contributed by atoms with E-state index >= 15 is 9.59 Å². The van der Waals surface area contributed by atoms with Crippen LogP contribution in [0.2, 0.25) is 0 Å². The summed E-state index contributed by atoms with van der Waals surface area (Å²) in [5, 5.41) is 121. The first-order valence-electron chi connectivity index (χ1n) is 42.8. The van der Waals surface area contributed by atoms with E-state index in [0.29, 0.717) is 11.3 Å². The normalized spacial score (nSPS) is 19.5. The molecule has 2 heterocycles. The van der Waals surface area contributed by atoms with E-state index in [-0.39, 0.29) is 122 Å². The fourth-order valence-corrected chi connectivity index (χ4v) is 15.0.